The summed E-state index contributed by atoms with van der Waals surface area (Å²) in [6.07, 6.45) is 1.54. The van der Waals surface area contributed by atoms with Crippen molar-refractivity contribution in [3.8, 4) is 0 Å². The molecule has 2 aromatic rings. The molecule has 6 nitrogen and oxygen atoms in total. The molecule has 0 saturated heterocycles. The highest BCUT2D eigenvalue weighted by Gasteiger charge is 2.17. The number of aryl methyl sites for hydroxylation is 1. The lowest BCUT2D eigenvalue weighted by Crippen LogP contribution is -2.15. The van der Waals surface area contributed by atoms with E-state index < -0.39 is 10.0 Å². The molecule has 0 saturated carbocycles. The van der Waals surface area contributed by atoms with E-state index >= 15 is 0 Å². The molecule has 2 aromatic heterocycles. The van der Waals surface area contributed by atoms with Crippen LogP contribution in [0.4, 0.5) is 5.13 Å². The Morgan fingerprint density at radius 3 is 2.68 bits per heavy atom. The Morgan fingerprint density at radius 1 is 1.37 bits per heavy atom. The van der Waals surface area contributed by atoms with E-state index in [9.17, 15) is 8.42 Å². The summed E-state index contributed by atoms with van der Waals surface area (Å²) in [4.78, 5) is 8.02. The van der Waals surface area contributed by atoms with E-state index in [1.54, 1.807) is 18.4 Å². The van der Waals surface area contributed by atoms with Gasteiger partial charge in [0.2, 0.25) is 0 Å². The van der Waals surface area contributed by atoms with Crippen molar-refractivity contribution >= 4 is 26.5 Å². The van der Waals surface area contributed by atoms with Crippen molar-refractivity contribution in [2.24, 2.45) is 0 Å². The lowest BCUT2D eigenvalue weighted by Gasteiger charge is -2.05. The van der Waals surface area contributed by atoms with Crippen LogP contribution in [-0.2, 0) is 16.6 Å². The van der Waals surface area contributed by atoms with Gasteiger partial charge in [0.05, 0.1) is 5.69 Å². The molecule has 0 aliphatic rings. The average Bonchev–Trinajstić information content (AvgIpc) is 2.75. The minimum Gasteiger partial charge on any atom is -0.316 e. The average molecular weight is 298 g/mol. The summed E-state index contributed by atoms with van der Waals surface area (Å²) >= 11 is 1.24. The Hall–Kier alpha value is -1.51. The topological polar surface area (TPSA) is 84.0 Å². The van der Waals surface area contributed by atoms with E-state index in [-0.39, 0.29) is 5.03 Å². The van der Waals surface area contributed by atoms with Crippen LogP contribution in [0.15, 0.2) is 28.7 Å². The van der Waals surface area contributed by atoms with Crippen LogP contribution in [0.3, 0.4) is 0 Å². The lowest BCUT2D eigenvalue weighted by atomic mass is 10.3. The zero-order chi connectivity index (χ0) is 13.9. The highest BCUT2D eigenvalue weighted by molar-refractivity contribution is 7.92. The van der Waals surface area contributed by atoms with Gasteiger partial charge in [-0.05, 0) is 25.6 Å². The molecular weight excluding hydrogens is 284 g/mol. The molecule has 0 fully saturated rings. The smallest absolute Gasteiger partial charge is 0.281 e. The second-order valence-electron chi connectivity index (χ2n) is 3.93. The summed E-state index contributed by atoms with van der Waals surface area (Å²) in [5.74, 6) is 0. The zero-order valence-corrected chi connectivity index (χ0v) is 12.2. The summed E-state index contributed by atoms with van der Waals surface area (Å²) < 4.78 is 26.5. The number of pyridine rings is 1. The minimum atomic E-state index is -3.67. The van der Waals surface area contributed by atoms with Gasteiger partial charge in [0.25, 0.3) is 10.0 Å². The van der Waals surface area contributed by atoms with Gasteiger partial charge < -0.3 is 5.32 Å². The molecule has 2 rings (SSSR count). The molecule has 0 amide bonds. The number of aromatic nitrogens is 2. The predicted octanol–water partition coefficient (Wildman–Crippen LogP) is 1.37. The van der Waals surface area contributed by atoms with E-state index in [1.807, 2.05) is 7.05 Å². The fourth-order valence-electron chi connectivity index (χ4n) is 1.45. The first kappa shape index (κ1) is 13.9. The maximum atomic E-state index is 12.1. The molecular formula is C11H14N4O2S2. The van der Waals surface area contributed by atoms with Gasteiger partial charge in [0.1, 0.15) is 0 Å². The van der Waals surface area contributed by atoms with E-state index in [0.717, 1.165) is 11.3 Å². The number of anilines is 1. The molecule has 0 spiro atoms. The molecule has 0 bridgehead atoms. The highest BCUT2D eigenvalue weighted by Crippen LogP contribution is 2.18. The predicted molar refractivity (Wildman–Crippen MR) is 74.7 cm³/mol. The van der Waals surface area contributed by atoms with Crippen LogP contribution in [0.2, 0.25) is 0 Å². The Morgan fingerprint density at radius 2 is 2.16 bits per heavy atom. The van der Waals surface area contributed by atoms with Gasteiger partial charge in [-0.25, -0.2) is 9.97 Å². The quantitative estimate of drug-likeness (QED) is 0.871. The summed E-state index contributed by atoms with van der Waals surface area (Å²) in [5.41, 5.74) is 1.70. The van der Waals surface area contributed by atoms with Crippen molar-refractivity contribution in [1.29, 1.82) is 0 Å². The van der Waals surface area contributed by atoms with E-state index in [4.69, 9.17) is 0 Å². The third kappa shape index (κ3) is 3.49. The van der Waals surface area contributed by atoms with Crippen molar-refractivity contribution in [2.75, 3.05) is 11.8 Å². The van der Waals surface area contributed by atoms with E-state index in [2.05, 4.69) is 20.0 Å². The molecule has 2 heterocycles. The number of nitrogens with one attached hydrogen (secondary N) is 2. The second-order valence-corrected chi connectivity index (χ2v) is 6.42. The van der Waals surface area contributed by atoms with Crippen LogP contribution < -0.4 is 10.0 Å². The molecule has 0 radical (unpaired) electrons. The van der Waals surface area contributed by atoms with Crippen molar-refractivity contribution in [1.82, 2.24) is 15.3 Å². The lowest BCUT2D eigenvalue weighted by molar-refractivity contribution is 0.597. The van der Waals surface area contributed by atoms with Crippen LogP contribution in [0.1, 0.15) is 11.3 Å². The highest BCUT2D eigenvalue weighted by atomic mass is 32.2. The molecule has 0 aliphatic carbocycles. The van der Waals surface area contributed by atoms with E-state index in [0.29, 0.717) is 11.7 Å². The fourth-order valence-corrected chi connectivity index (χ4v) is 3.32. The Bertz CT molecular complexity index is 650. The third-order valence-electron chi connectivity index (χ3n) is 2.29. The van der Waals surface area contributed by atoms with Crippen molar-refractivity contribution in [3.05, 3.63) is 35.0 Å². The van der Waals surface area contributed by atoms with Gasteiger partial charge in [0.15, 0.2) is 10.2 Å². The number of hydrogen-bond acceptors (Lipinski definition) is 6. The van der Waals surface area contributed by atoms with Gasteiger partial charge >= 0.3 is 0 Å². The minimum absolute atomic E-state index is 0.0137. The molecule has 0 unspecified atom stereocenters. The number of hydrogen-bond donors (Lipinski definition) is 2. The van der Waals surface area contributed by atoms with Gasteiger partial charge in [-0.1, -0.05) is 6.07 Å². The van der Waals surface area contributed by atoms with Crippen molar-refractivity contribution in [2.45, 2.75) is 18.5 Å². The molecule has 0 aliphatic heterocycles. The standard InChI is InChI=1S/C11H14N4O2S2/c1-8-7-18-11(14-8)15-19(16,17)10-4-3-9(5-12-2)6-13-10/h3-4,6-7,12H,5H2,1-2H3,(H,14,15). The molecule has 8 heteroatoms. The molecule has 0 aromatic carbocycles. The third-order valence-corrected chi connectivity index (χ3v) is 4.55. The second kappa shape index (κ2) is 5.64. The summed E-state index contributed by atoms with van der Waals surface area (Å²) in [6, 6.07) is 3.21. The SMILES string of the molecule is CNCc1ccc(S(=O)(=O)Nc2nc(C)cs2)nc1. The maximum absolute atomic E-state index is 12.1. The summed E-state index contributed by atoms with van der Waals surface area (Å²) in [5, 5.41) is 5.08. The maximum Gasteiger partial charge on any atom is 0.281 e. The van der Waals surface area contributed by atoms with Crippen LogP contribution >= 0.6 is 11.3 Å². The Kier molecular flexibility index (Phi) is 4.13. The molecule has 0 atom stereocenters. The van der Waals surface area contributed by atoms with Gasteiger partial charge in [-0.3, -0.25) is 4.72 Å². The number of thiazole rings is 1. The number of sulfonamides is 1. The van der Waals surface area contributed by atoms with E-state index in [1.165, 1.54) is 23.6 Å². The fraction of sp³-hybridized carbons (Fsp3) is 0.273. The van der Waals surface area contributed by atoms with Crippen molar-refractivity contribution < 1.29 is 8.42 Å². The Balaban J connectivity index is 2.19. The van der Waals surface area contributed by atoms with Gasteiger partial charge in [-0.2, -0.15) is 8.42 Å². The first-order valence-corrected chi connectivity index (χ1v) is 7.92. The molecule has 102 valence electrons. The van der Waals surface area contributed by atoms with Gasteiger partial charge in [-0.15, -0.1) is 11.3 Å². The normalized spacial score (nSPS) is 11.5. The summed E-state index contributed by atoms with van der Waals surface area (Å²) in [7, 11) is -1.85. The zero-order valence-electron chi connectivity index (χ0n) is 10.5. The monoisotopic (exact) mass is 298 g/mol. The van der Waals surface area contributed by atoms with Crippen LogP contribution in [0.5, 0.6) is 0 Å². The summed E-state index contributed by atoms with van der Waals surface area (Å²) in [6.45, 7) is 2.45. The largest absolute Gasteiger partial charge is 0.316 e. The van der Waals surface area contributed by atoms with Crippen molar-refractivity contribution in [3.63, 3.8) is 0 Å². The molecule has 19 heavy (non-hydrogen) atoms. The number of nitrogens with zero attached hydrogens (tertiary/aromatic N) is 2. The van der Waals surface area contributed by atoms with Crippen LogP contribution in [0, 0.1) is 6.92 Å². The first-order valence-electron chi connectivity index (χ1n) is 5.56. The van der Waals surface area contributed by atoms with Gasteiger partial charge in [0, 0.05) is 18.1 Å². The van der Waals surface area contributed by atoms with Crippen LogP contribution in [0.25, 0.3) is 0 Å². The molecule has 2 N–H and O–H groups in total. The number of rotatable bonds is 5. The first-order chi connectivity index (χ1) is 9.01. The van der Waals surface area contributed by atoms with Crippen LogP contribution in [-0.4, -0.2) is 25.4 Å². The Labute approximate surface area is 116 Å².